The second-order valence-corrected chi connectivity index (χ2v) is 5.64. The van der Waals surface area contributed by atoms with Crippen LogP contribution in [0.3, 0.4) is 0 Å². The van der Waals surface area contributed by atoms with Crippen LogP contribution in [0.4, 0.5) is 8.78 Å². The molecule has 2 aromatic rings. The molecule has 0 N–H and O–H groups in total. The maximum atomic E-state index is 13.7. The summed E-state index contributed by atoms with van der Waals surface area (Å²) in [6.07, 6.45) is 2.42. The number of nitrogens with zero attached hydrogens (tertiary/aromatic N) is 1. The number of carbonyl (C=O) groups is 1. The van der Waals surface area contributed by atoms with Crippen molar-refractivity contribution in [2.75, 3.05) is 13.1 Å². The van der Waals surface area contributed by atoms with Gasteiger partial charge in [0.15, 0.2) is 5.78 Å². The van der Waals surface area contributed by atoms with Gasteiger partial charge in [-0.15, -0.1) is 0 Å². The third kappa shape index (κ3) is 3.22. The highest BCUT2D eigenvalue weighted by Gasteiger charge is 2.16. The van der Waals surface area contributed by atoms with Crippen LogP contribution in [-0.4, -0.2) is 23.8 Å². The molecular weight excluding hydrogens is 284 g/mol. The molecule has 1 aliphatic rings. The zero-order valence-corrected chi connectivity index (χ0v) is 12.2. The van der Waals surface area contributed by atoms with Gasteiger partial charge in [-0.3, -0.25) is 9.69 Å². The van der Waals surface area contributed by atoms with Crippen molar-refractivity contribution in [2.24, 2.45) is 0 Å². The van der Waals surface area contributed by atoms with Crippen LogP contribution >= 0.6 is 0 Å². The predicted molar refractivity (Wildman–Crippen MR) is 80.7 cm³/mol. The van der Waals surface area contributed by atoms with E-state index in [4.69, 9.17) is 0 Å². The van der Waals surface area contributed by atoms with E-state index in [1.54, 1.807) is 18.2 Å². The third-order valence-electron chi connectivity index (χ3n) is 3.97. The molecule has 0 bridgehead atoms. The minimum Gasteiger partial charge on any atom is -0.299 e. The first kappa shape index (κ1) is 14.9. The smallest absolute Gasteiger partial charge is 0.195 e. The van der Waals surface area contributed by atoms with E-state index in [1.165, 1.54) is 18.9 Å². The lowest BCUT2D eigenvalue weighted by Gasteiger charge is -2.15. The average molecular weight is 301 g/mol. The van der Waals surface area contributed by atoms with Gasteiger partial charge in [-0.25, -0.2) is 8.78 Å². The first-order valence-electron chi connectivity index (χ1n) is 7.44. The number of ketones is 1. The summed E-state index contributed by atoms with van der Waals surface area (Å²) in [6.45, 7) is 2.95. The molecule has 3 rings (SSSR count). The molecule has 2 nitrogen and oxygen atoms in total. The van der Waals surface area contributed by atoms with Gasteiger partial charge >= 0.3 is 0 Å². The molecule has 2 aromatic carbocycles. The Labute approximate surface area is 128 Å². The van der Waals surface area contributed by atoms with Crippen molar-refractivity contribution < 1.29 is 13.6 Å². The molecule has 114 valence electrons. The Hall–Kier alpha value is -2.07. The fourth-order valence-corrected chi connectivity index (χ4v) is 2.84. The predicted octanol–water partition coefficient (Wildman–Crippen LogP) is 3.79. The molecule has 0 aromatic heterocycles. The first-order valence-corrected chi connectivity index (χ1v) is 7.44. The number of hydrogen-bond acceptors (Lipinski definition) is 2. The standard InChI is InChI=1S/C18H17F2NO/c19-15-6-7-16(17(20)11-15)18(22)14-5-3-4-13(10-14)12-21-8-1-2-9-21/h3-7,10-11H,1-2,8-9,12H2. The second-order valence-electron chi connectivity index (χ2n) is 5.64. The molecule has 1 aliphatic heterocycles. The van der Waals surface area contributed by atoms with Gasteiger partial charge in [-0.2, -0.15) is 0 Å². The summed E-state index contributed by atoms with van der Waals surface area (Å²) in [6, 6.07) is 10.3. The normalized spacial score (nSPS) is 15.2. The SMILES string of the molecule is O=C(c1cccc(CN2CCCC2)c1)c1ccc(F)cc1F. The van der Waals surface area contributed by atoms with Crippen molar-refractivity contribution in [1.82, 2.24) is 4.90 Å². The maximum Gasteiger partial charge on any atom is 0.195 e. The molecule has 0 radical (unpaired) electrons. The van der Waals surface area contributed by atoms with Crippen LogP contribution in [0.15, 0.2) is 42.5 Å². The summed E-state index contributed by atoms with van der Waals surface area (Å²) in [4.78, 5) is 14.7. The molecule has 0 atom stereocenters. The van der Waals surface area contributed by atoms with Gasteiger partial charge in [0.2, 0.25) is 0 Å². The van der Waals surface area contributed by atoms with Crippen molar-refractivity contribution in [3.8, 4) is 0 Å². The van der Waals surface area contributed by atoms with E-state index in [0.29, 0.717) is 5.56 Å². The molecule has 4 heteroatoms. The van der Waals surface area contributed by atoms with Crippen molar-refractivity contribution in [2.45, 2.75) is 19.4 Å². The molecule has 0 unspecified atom stereocenters. The molecule has 0 saturated carbocycles. The number of hydrogen-bond donors (Lipinski definition) is 0. The van der Waals surface area contributed by atoms with Crippen LogP contribution in [0, 0.1) is 11.6 Å². The number of halogens is 2. The van der Waals surface area contributed by atoms with E-state index in [-0.39, 0.29) is 5.56 Å². The lowest BCUT2D eigenvalue weighted by molar-refractivity contribution is 0.103. The summed E-state index contributed by atoms with van der Waals surface area (Å²) in [5.41, 5.74) is 1.37. The second kappa shape index (κ2) is 6.36. The molecule has 0 spiro atoms. The Bertz CT molecular complexity index is 693. The lowest BCUT2D eigenvalue weighted by Crippen LogP contribution is -2.18. The van der Waals surface area contributed by atoms with Gasteiger partial charge in [0.05, 0.1) is 5.56 Å². The fraction of sp³-hybridized carbons (Fsp3) is 0.278. The molecule has 0 amide bonds. The Morgan fingerprint density at radius 3 is 2.55 bits per heavy atom. The highest BCUT2D eigenvalue weighted by atomic mass is 19.1. The maximum absolute atomic E-state index is 13.7. The van der Waals surface area contributed by atoms with E-state index in [9.17, 15) is 13.6 Å². The Morgan fingerprint density at radius 1 is 1.05 bits per heavy atom. The third-order valence-corrected chi connectivity index (χ3v) is 3.97. The summed E-state index contributed by atoms with van der Waals surface area (Å²) in [5.74, 6) is -1.92. The van der Waals surface area contributed by atoms with Crippen LogP contribution in [-0.2, 0) is 6.54 Å². The molecule has 1 saturated heterocycles. The van der Waals surface area contributed by atoms with Gasteiger partial charge in [0.25, 0.3) is 0 Å². The topological polar surface area (TPSA) is 20.3 Å². The van der Waals surface area contributed by atoms with Gasteiger partial charge in [0.1, 0.15) is 11.6 Å². The van der Waals surface area contributed by atoms with Crippen molar-refractivity contribution in [3.05, 3.63) is 70.8 Å². The van der Waals surface area contributed by atoms with E-state index < -0.39 is 17.4 Å². The van der Waals surface area contributed by atoms with Crippen LogP contribution in [0.1, 0.15) is 34.3 Å². The number of benzene rings is 2. The average Bonchev–Trinajstić information content (AvgIpc) is 3.00. The van der Waals surface area contributed by atoms with Crippen molar-refractivity contribution >= 4 is 5.78 Å². The molecule has 22 heavy (non-hydrogen) atoms. The zero-order valence-electron chi connectivity index (χ0n) is 12.2. The number of rotatable bonds is 4. The van der Waals surface area contributed by atoms with E-state index in [0.717, 1.165) is 37.3 Å². The van der Waals surface area contributed by atoms with Crippen molar-refractivity contribution in [3.63, 3.8) is 0 Å². The van der Waals surface area contributed by atoms with E-state index in [2.05, 4.69) is 4.90 Å². The van der Waals surface area contributed by atoms with E-state index in [1.807, 2.05) is 6.07 Å². The first-order chi connectivity index (χ1) is 10.6. The van der Waals surface area contributed by atoms with Gasteiger partial charge in [0, 0.05) is 18.2 Å². The summed E-state index contributed by atoms with van der Waals surface area (Å²) >= 11 is 0. The van der Waals surface area contributed by atoms with Crippen LogP contribution in [0.2, 0.25) is 0 Å². The largest absolute Gasteiger partial charge is 0.299 e. The van der Waals surface area contributed by atoms with Gasteiger partial charge in [-0.1, -0.05) is 18.2 Å². The minimum atomic E-state index is -0.824. The lowest BCUT2D eigenvalue weighted by atomic mass is 10.0. The quantitative estimate of drug-likeness (QED) is 0.801. The number of likely N-dealkylation sites (tertiary alicyclic amines) is 1. The Balaban J connectivity index is 1.83. The van der Waals surface area contributed by atoms with Gasteiger partial charge in [-0.05, 0) is 49.7 Å². The van der Waals surface area contributed by atoms with E-state index >= 15 is 0 Å². The highest BCUT2D eigenvalue weighted by Crippen LogP contribution is 2.18. The molecule has 0 aliphatic carbocycles. The highest BCUT2D eigenvalue weighted by molar-refractivity contribution is 6.09. The summed E-state index contributed by atoms with van der Waals surface area (Å²) in [5, 5.41) is 0. The minimum absolute atomic E-state index is 0.0975. The Morgan fingerprint density at radius 2 is 1.82 bits per heavy atom. The van der Waals surface area contributed by atoms with Gasteiger partial charge < -0.3 is 0 Å². The van der Waals surface area contributed by atoms with Crippen molar-refractivity contribution in [1.29, 1.82) is 0 Å². The van der Waals surface area contributed by atoms with Crippen LogP contribution in [0.25, 0.3) is 0 Å². The monoisotopic (exact) mass is 301 g/mol. The molecule has 1 fully saturated rings. The van der Waals surface area contributed by atoms with Crippen LogP contribution < -0.4 is 0 Å². The number of carbonyl (C=O) groups excluding carboxylic acids is 1. The Kier molecular flexibility index (Phi) is 4.29. The molecular formula is C18H17F2NO. The molecule has 1 heterocycles. The van der Waals surface area contributed by atoms with Crippen LogP contribution in [0.5, 0.6) is 0 Å². The summed E-state index contributed by atoms with van der Waals surface area (Å²) < 4.78 is 26.7. The fourth-order valence-electron chi connectivity index (χ4n) is 2.84. The summed E-state index contributed by atoms with van der Waals surface area (Å²) in [7, 11) is 0. The zero-order chi connectivity index (χ0) is 15.5.